The summed E-state index contributed by atoms with van der Waals surface area (Å²) < 4.78 is 22.3. The average molecular weight is 561 g/mol. The van der Waals surface area contributed by atoms with Gasteiger partial charge in [0.25, 0.3) is 0 Å². The Labute approximate surface area is 230 Å². The van der Waals surface area contributed by atoms with Crippen molar-refractivity contribution in [2.24, 2.45) is 0 Å². The molecule has 0 saturated heterocycles. The first-order chi connectivity index (χ1) is 17.8. The fourth-order valence-corrected chi connectivity index (χ4v) is 4.55. The molecular formula is C28H24Cl3NO5. The molecule has 4 rings (SSSR count). The maximum Gasteiger partial charge on any atom is 0.337 e. The normalized spacial score (nSPS) is 11.0. The van der Waals surface area contributed by atoms with E-state index in [0.29, 0.717) is 49.1 Å². The summed E-state index contributed by atoms with van der Waals surface area (Å²) in [5.41, 5.74) is 3.15. The fourth-order valence-electron chi connectivity index (χ4n) is 3.75. The smallest absolute Gasteiger partial charge is 0.337 e. The number of benzene rings is 3. The minimum Gasteiger partial charge on any atom is -0.489 e. The second kappa shape index (κ2) is 11.9. The fraction of sp³-hybridized carbons (Fsp3) is 0.214. The minimum atomic E-state index is -0.408. The third-order valence-electron chi connectivity index (χ3n) is 5.57. The maximum absolute atomic E-state index is 11.8. The number of hydrogen-bond acceptors (Lipinski definition) is 6. The van der Waals surface area contributed by atoms with Crippen LogP contribution in [0.15, 0.2) is 65.2 Å². The summed E-state index contributed by atoms with van der Waals surface area (Å²) in [4.78, 5) is 11.8. The average Bonchev–Trinajstić information content (AvgIpc) is 3.30. The van der Waals surface area contributed by atoms with Gasteiger partial charge in [-0.1, -0.05) is 72.0 Å². The first kappa shape index (κ1) is 26.9. The van der Waals surface area contributed by atoms with Gasteiger partial charge in [-0.2, -0.15) is 0 Å². The highest BCUT2D eigenvalue weighted by Gasteiger charge is 2.24. The number of nitrogens with zero attached hydrogens (tertiary/aromatic N) is 1. The predicted octanol–water partition coefficient (Wildman–Crippen LogP) is 8.37. The summed E-state index contributed by atoms with van der Waals surface area (Å²) in [6.45, 7) is 4.41. The van der Waals surface area contributed by atoms with Crippen LogP contribution in [0.4, 0.5) is 0 Å². The van der Waals surface area contributed by atoms with Crippen molar-refractivity contribution in [3.8, 4) is 22.8 Å². The third-order valence-corrected chi connectivity index (χ3v) is 6.50. The molecule has 0 aliphatic rings. The van der Waals surface area contributed by atoms with Crippen molar-refractivity contribution in [1.29, 1.82) is 0 Å². The number of esters is 1. The number of hydrogen-bond donors (Lipinski definition) is 0. The topological polar surface area (TPSA) is 70.8 Å². The van der Waals surface area contributed by atoms with Crippen LogP contribution in [0.5, 0.6) is 11.5 Å². The highest BCUT2D eigenvalue weighted by Crippen LogP contribution is 2.39. The second-order valence-corrected chi connectivity index (χ2v) is 9.71. The molecule has 9 heteroatoms. The van der Waals surface area contributed by atoms with Crippen molar-refractivity contribution in [3.05, 3.63) is 98.2 Å². The lowest BCUT2D eigenvalue weighted by molar-refractivity contribution is 0.0600. The van der Waals surface area contributed by atoms with Gasteiger partial charge in [0.15, 0.2) is 0 Å². The van der Waals surface area contributed by atoms with E-state index in [1.165, 1.54) is 7.11 Å². The van der Waals surface area contributed by atoms with Gasteiger partial charge in [0, 0.05) is 17.5 Å². The number of ether oxygens (including phenoxy) is 3. The van der Waals surface area contributed by atoms with Crippen LogP contribution in [0.2, 0.25) is 15.1 Å². The van der Waals surface area contributed by atoms with Gasteiger partial charge in [-0.05, 0) is 42.0 Å². The van der Waals surface area contributed by atoms with Crippen LogP contribution in [0, 0.1) is 0 Å². The molecule has 192 valence electrons. The summed E-state index contributed by atoms with van der Waals surface area (Å²) in [6.07, 6.45) is 0. The SMILES string of the molecule is COC(=O)c1cccc(COc2ccc(OCc3c(-c4c(Cl)cccc4Cl)noc3C(C)C)cc2Cl)c1. The summed E-state index contributed by atoms with van der Waals surface area (Å²) in [6, 6.07) is 17.5. The van der Waals surface area contributed by atoms with E-state index in [4.69, 9.17) is 53.5 Å². The Morgan fingerprint density at radius 3 is 2.32 bits per heavy atom. The molecule has 3 aromatic carbocycles. The Balaban J connectivity index is 1.49. The van der Waals surface area contributed by atoms with Gasteiger partial charge in [0.05, 0.1) is 33.3 Å². The highest BCUT2D eigenvalue weighted by molar-refractivity contribution is 6.39. The van der Waals surface area contributed by atoms with E-state index >= 15 is 0 Å². The highest BCUT2D eigenvalue weighted by atomic mass is 35.5. The standard InChI is InChI=1S/C28H24Cl3NO5/c1-16(2)27-20(26(32-37-27)25-21(29)8-5-9-22(25)30)15-35-19-10-11-24(23(31)13-19)36-14-17-6-4-7-18(12-17)28(33)34-3/h4-13,16H,14-15H2,1-3H3. The number of carbonyl (C=O) groups is 1. The monoisotopic (exact) mass is 559 g/mol. The van der Waals surface area contributed by atoms with E-state index in [-0.39, 0.29) is 19.1 Å². The number of methoxy groups -OCH3 is 1. The molecule has 0 spiro atoms. The number of rotatable bonds is 9. The van der Waals surface area contributed by atoms with Crippen molar-refractivity contribution in [1.82, 2.24) is 5.16 Å². The van der Waals surface area contributed by atoms with Crippen LogP contribution >= 0.6 is 34.8 Å². The molecule has 4 aromatic rings. The van der Waals surface area contributed by atoms with Gasteiger partial charge in [0.2, 0.25) is 0 Å². The molecular weight excluding hydrogens is 537 g/mol. The Bertz CT molecular complexity index is 1400. The molecule has 6 nitrogen and oxygen atoms in total. The Hall–Kier alpha value is -3.19. The van der Waals surface area contributed by atoms with Crippen LogP contribution < -0.4 is 9.47 Å². The summed E-state index contributed by atoms with van der Waals surface area (Å²) >= 11 is 19.3. The summed E-state index contributed by atoms with van der Waals surface area (Å²) in [5.74, 6) is 1.37. The molecule has 0 saturated carbocycles. The van der Waals surface area contributed by atoms with E-state index in [1.54, 1.807) is 54.6 Å². The van der Waals surface area contributed by atoms with Crippen LogP contribution in [0.25, 0.3) is 11.3 Å². The van der Waals surface area contributed by atoms with Crippen molar-refractivity contribution in [2.75, 3.05) is 7.11 Å². The Morgan fingerprint density at radius 1 is 0.919 bits per heavy atom. The quantitative estimate of drug-likeness (QED) is 0.192. The second-order valence-electron chi connectivity index (χ2n) is 8.49. The molecule has 1 heterocycles. The maximum atomic E-state index is 11.8. The lowest BCUT2D eigenvalue weighted by Gasteiger charge is -2.13. The van der Waals surface area contributed by atoms with Crippen LogP contribution in [0.1, 0.15) is 47.0 Å². The number of halogens is 3. The third kappa shape index (κ3) is 6.21. The molecule has 0 unspecified atom stereocenters. The van der Waals surface area contributed by atoms with Gasteiger partial charge in [-0.3, -0.25) is 0 Å². The molecule has 0 atom stereocenters. The lowest BCUT2D eigenvalue weighted by atomic mass is 10.0. The molecule has 37 heavy (non-hydrogen) atoms. The predicted molar refractivity (Wildman–Crippen MR) is 144 cm³/mol. The van der Waals surface area contributed by atoms with Gasteiger partial charge < -0.3 is 18.7 Å². The zero-order valence-corrected chi connectivity index (χ0v) is 22.7. The van der Waals surface area contributed by atoms with Crippen LogP contribution in [0.3, 0.4) is 0 Å². The Morgan fingerprint density at radius 2 is 1.65 bits per heavy atom. The molecule has 0 fully saturated rings. The van der Waals surface area contributed by atoms with Gasteiger partial charge >= 0.3 is 5.97 Å². The molecule has 0 aliphatic heterocycles. The lowest BCUT2D eigenvalue weighted by Crippen LogP contribution is -2.03. The number of aromatic nitrogens is 1. The molecule has 0 amide bonds. The van der Waals surface area contributed by atoms with Crippen molar-refractivity contribution in [3.63, 3.8) is 0 Å². The van der Waals surface area contributed by atoms with E-state index in [1.807, 2.05) is 19.9 Å². The zero-order chi connectivity index (χ0) is 26.5. The zero-order valence-electron chi connectivity index (χ0n) is 20.4. The van der Waals surface area contributed by atoms with E-state index in [9.17, 15) is 4.79 Å². The van der Waals surface area contributed by atoms with E-state index < -0.39 is 5.97 Å². The molecule has 1 aromatic heterocycles. The molecule has 0 N–H and O–H groups in total. The summed E-state index contributed by atoms with van der Waals surface area (Å²) in [7, 11) is 1.34. The molecule has 0 aliphatic carbocycles. The first-order valence-electron chi connectivity index (χ1n) is 11.4. The number of carbonyl (C=O) groups excluding carboxylic acids is 1. The van der Waals surface area contributed by atoms with E-state index in [2.05, 4.69) is 5.16 Å². The van der Waals surface area contributed by atoms with Gasteiger partial charge in [0.1, 0.15) is 36.2 Å². The molecule has 0 radical (unpaired) electrons. The Kier molecular flexibility index (Phi) is 8.64. The van der Waals surface area contributed by atoms with E-state index in [0.717, 1.165) is 11.1 Å². The van der Waals surface area contributed by atoms with Gasteiger partial charge in [-0.15, -0.1) is 0 Å². The minimum absolute atomic E-state index is 0.0677. The largest absolute Gasteiger partial charge is 0.489 e. The van der Waals surface area contributed by atoms with Crippen LogP contribution in [-0.2, 0) is 18.0 Å². The van der Waals surface area contributed by atoms with Crippen LogP contribution in [-0.4, -0.2) is 18.2 Å². The van der Waals surface area contributed by atoms with Crippen molar-refractivity contribution < 1.29 is 23.5 Å². The molecule has 0 bridgehead atoms. The summed E-state index contributed by atoms with van der Waals surface area (Å²) in [5, 5.41) is 5.57. The van der Waals surface area contributed by atoms with Gasteiger partial charge in [-0.25, -0.2) is 4.79 Å². The first-order valence-corrected chi connectivity index (χ1v) is 12.6. The van der Waals surface area contributed by atoms with Crippen molar-refractivity contribution in [2.45, 2.75) is 33.0 Å². The van der Waals surface area contributed by atoms with Crippen molar-refractivity contribution >= 4 is 40.8 Å².